The number of likely N-dealkylation sites (tertiary alicyclic amines) is 1. The Hall–Kier alpha value is -3.23. The number of carbonyl (C=O) groups excluding carboxylic acids is 3. The molecule has 4 rings (SSSR count). The zero-order chi connectivity index (χ0) is 21.1. The average Bonchev–Trinajstić information content (AvgIpc) is 3.25. The molecule has 0 radical (unpaired) electrons. The van der Waals surface area contributed by atoms with Gasteiger partial charge in [0.2, 0.25) is 11.8 Å². The van der Waals surface area contributed by atoms with Gasteiger partial charge in [-0.25, -0.2) is 9.48 Å². The van der Waals surface area contributed by atoms with Crippen LogP contribution in [0.25, 0.3) is 0 Å². The lowest BCUT2D eigenvalue weighted by Crippen LogP contribution is -2.29. The second-order valence-electron chi connectivity index (χ2n) is 7.71. The van der Waals surface area contributed by atoms with Crippen LogP contribution >= 0.6 is 0 Å². The molecule has 158 valence electrons. The lowest BCUT2D eigenvalue weighted by molar-refractivity contribution is -0.139. The maximum absolute atomic E-state index is 12.3. The van der Waals surface area contributed by atoms with Crippen molar-refractivity contribution in [1.29, 1.82) is 0 Å². The third kappa shape index (κ3) is 4.19. The highest BCUT2D eigenvalue weighted by atomic mass is 16.2. The fraction of sp³-hybridized carbons (Fsp3) is 0.476. The van der Waals surface area contributed by atoms with E-state index in [1.54, 1.807) is 28.8 Å². The molecule has 1 aromatic heterocycles. The van der Waals surface area contributed by atoms with E-state index < -0.39 is 0 Å². The number of aromatic nitrogens is 3. The van der Waals surface area contributed by atoms with Gasteiger partial charge in [0.15, 0.2) is 0 Å². The van der Waals surface area contributed by atoms with E-state index in [0.717, 1.165) is 37.2 Å². The van der Waals surface area contributed by atoms with Gasteiger partial charge in [0, 0.05) is 44.5 Å². The SMILES string of the molecule is O=C(NCCCn1nc2n(c1=O)CCCC2)c1ccc(CN2C(=O)CCC2=O)cc1. The highest BCUT2D eigenvalue weighted by molar-refractivity contribution is 6.01. The predicted molar refractivity (Wildman–Crippen MR) is 108 cm³/mol. The molecule has 30 heavy (non-hydrogen) atoms. The minimum absolute atomic E-state index is 0.0680. The van der Waals surface area contributed by atoms with Crippen LogP contribution in [-0.2, 0) is 35.6 Å². The largest absolute Gasteiger partial charge is 0.352 e. The van der Waals surface area contributed by atoms with Crippen molar-refractivity contribution in [2.75, 3.05) is 6.54 Å². The Morgan fingerprint density at radius 3 is 2.43 bits per heavy atom. The van der Waals surface area contributed by atoms with Gasteiger partial charge < -0.3 is 5.32 Å². The first-order chi connectivity index (χ1) is 14.5. The molecule has 2 aliphatic heterocycles. The Bertz CT molecular complexity index is 1010. The Morgan fingerprint density at radius 1 is 1.00 bits per heavy atom. The summed E-state index contributed by atoms with van der Waals surface area (Å²) < 4.78 is 3.23. The molecule has 0 atom stereocenters. The van der Waals surface area contributed by atoms with Crippen molar-refractivity contribution < 1.29 is 14.4 Å². The number of hydrogen-bond acceptors (Lipinski definition) is 5. The molecule has 9 heteroatoms. The van der Waals surface area contributed by atoms with E-state index in [1.165, 1.54) is 9.58 Å². The predicted octanol–water partition coefficient (Wildman–Crippen LogP) is 0.850. The first kappa shape index (κ1) is 20.1. The van der Waals surface area contributed by atoms with Crippen molar-refractivity contribution in [3.05, 3.63) is 51.7 Å². The third-order valence-corrected chi connectivity index (χ3v) is 5.58. The lowest BCUT2D eigenvalue weighted by atomic mass is 10.1. The van der Waals surface area contributed by atoms with Gasteiger partial charge in [-0.2, -0.15) is 5.10 Å². The second kappa shape index (κ2) is 8.64. The minimum atomic E-state index is -0.202. The third-order valence-electron chi connectivity index (χ3n) is 5.58. The summed E-state index contributed by atoms with van der Waals surface area (Å²) in [5, 5.41) is 7.24. The van der Waals surface area contributed by atoms with Crippen molar-refractivity contribution in [2.24, 2.45) is 0 Å². The number of benzene rings is 1. The van der Waals surface area contributed by atoms with Gasteiger partial charge in [0.05, 0.1) is 6.54 Å². The molecule has 9 nitrogen and oxygen atoms in total. The molecular formula is C21H25N5O4. The number of amides is 3. The van der Waals surface area contributed by atoms with Crippen molar-refractivity contribution in [3.8, 4) is 0 Å². The smallest absolute Gasteiger partial charge is 0.345 e. The molecule has 2 aromatic rings. The molecule has 1 fully saturated rings. The van der Waals surface area contributed by atoms with Crippen LogP contribution in [0.4, 0.5) is 0 Å². The molecule has 3 amide bonds. The van der Waals surface area contributed by atoms with E-state index in [9.17, 15) is 19.2 Å². The summed E-state index contributed by atoms with van der Waals surface area (Å²) in [5.41, 5.74) is 1.24. The molecule has 0 saturated carbocycles. The van der Waals surface area contributed by atoms with E-state index in [-0.39, 0.29) is 42.8 Å². The number of imide groups is 1. The van der Waals surface area contributed by atoms with Crippen LogP contribution in [0.3, 0.4) is 0 Å². The van der Waals surface area contributed by atoms with Crippen molar-refractivity contribution in [3.63, 3.8) is 0 Å². The van der Waals surface area contributed by atoms with Crippen LogP contribution in [0, 0.1) is 0 Å². The first-order valence-corrected chi connectivity index (χ1v) is 10.4. The van der Waals surface area contributed by atoms with E-state index >= 15 is 0 Å². The van der Waals surface area contributed by atoms with E-state index in [0.29, 0.717) is 25.1 Å². The highest BCUT2D eigenvalue weighted by Crippen LogP contribution is 2.16. The van der Waals surface area contributed by atoms with Gasteiger partial charge in [-0.05, 0) is 37.0 Å². The number of fused-ring (bicyclic) bond motifs is 1. The zero-order valence-corrected chi connectivity index (χ0v) is 16.8. The zero-order valence-electron chi connectivity index (χ0n) is 16.8. The highest BCUT2D eigenvalue weighted by Gasteiger charge is 2.28. The number of carbonyl (C=O) groups is 3. The van der Waals surface area contributed by atoms with Crippen molar-refractivity contribution >= 4 is 17.7 Å². The van der Waals surface area contributed by atoms with Gasteiger partial charge in [0.1, 0.15) is 5.82 Å². The van der Waals surface area contributed by atoms with Crippen LogP contribution < -0.4 is 11.0 Å². The monoisotopic (exact) mass is 411 g/mol. The standard InChI is InChI=1S/C21H25N5O4/c27-18-9-10-19(28)25(18)14-15-5-7-16(8-6-15)20(29)22-11-3-13-26-21(30)24-12-2-1-4-17(24)23-26/h5-8H,1-4,9-14H2,(H,22,29). The van der Waals surface area contributed by atoms with Crippen LogP contribution in [0.1, 0.15) is 53.8 Å². The molecule has 0 unspecified atom stereocenters. The molecule has 1 saturated heterocycles. The molecule has 0 spiro atoms. The van der Waals surface area contributed by atoms with Gasteiger partial charge >= 0.3 is 5.69 Å². The second-order valence-corrected chi connectivity index (χ2v) is 7.71. The fourth-order valence-electron chi connectivity index (χ4n) is 3.87. The Morgan fingerprint density at radius 2 is 1.73 bits per heavy atom. The topological polar surface area (TPSA) is 106 Å². The Labute approximate surface area is 173 Å². The lowest BCUT2D eigenvalue weighted by Gasteiger charge is -2.14. The normalized spacial score (nSPS) is 16.1. The maximum atomic E-state index is 12.3. The van der Waals surface area contributed by atoms with E-state index in [1.807, 2.05) is 0 Å². The molecule has 0 aliphatic carbocycles. The van der Waals surface area contributed by atoms with Gasteiger partial charge in [-0.15, -0.1) is 0 Å². The number of hydrogen-bond donors (Lipinski definition) is 1. The van der Waals surface area contributed by atoms with Crippen LogP contribution in [0.15, 0.2) is 29.1 Å². The Kier molecular flexibility index (Phi) is 5.78. The summed E-state index contributed by atoms with van der Waals surface area (Å²) in [6.07, 6.45) is 4.07. The maximum Gasteiger partial charge on any atom is 0.345 e. The first-order valence-electron chi connectivity index (χ1n) is 10.4. The summed E-state index contributed by atoms with van der Waals surface area (Å²) in [6, 6.07) is 6.87. The molecule has 1 N–H and O–H groups in total. The molecule has 0 bridgehead atoms. The van der Waals surface area contributed by atoms with Crippen molar-refractivity contribution in [2.45, 2.75) is 58.2 Å². The van der Waals surface area contributed by atoms with Crippen LogP contribution in [0.2, 0.25) is 0 Å². The van der Waals surface area contributed by atoms with E-state index in [4.69, 9.17) is 0 Å². The molecular weight excluding hydrogens is 386 g/mol. The van der Waals surface area contributed by atoms with Gasteiger partial charge in [0.25, 0.3) is 5.91 Å². The number of aryl methyl sites for hydroxylation is 2. The minimum Gasteiger partial charge on any atom is -0.352 e. The molecule has 3 heterocycles. The summed E-state index contributed by atoms with van der Waals surface area (Å²) in [6.45, 7) is 1.88. The van der Waals surface area contributed by atoms with Crippen molar-refractivity contribution in [1.82, 2.24) is 24.6 Å². The summed E-state index contributed by atoms with van der Waals surface area (Å²) >= 11 is 0. The number of rotatable bonds is 7. The quantitative estimate of drug-likeness (QED) is 0.537. The average molecular weight is 411 g/mol. The summed E-state index contributed by atoms with van der Waals surface area (Å²) in [7, 11) is 0. The van der Waals surface area contributed by atoms with Gasteiger partial charge in [-0.3, -0.25) is 23.9 Å². The van der Waals surface area contributed by atoms with Crippen LogP contribution in [-0.4, -0.2) is 43.5 Å². The molecule has 2 aliphatic rings. The van der Waals surface area contributed by atoms with Gasteiger partial charge in [-0.1, -0.05) is 12.1 Å². The number of nitrogens with zero attached hydrogens (tertiary/aromatic N) is 4. The number of nitrogens with one attached hydrogen (secondary N) is 1. The van der Waals surface area contributed by atoms with Crippen LogP contribution in [0.5, 0.6) is 0 Å². The summed E-state index contributed by atoms with van der Waals surface area (Å²) in [4.78, 5) is 49.3. The summed E-state index contributed by atoms with van der Waals surface area (Å²) in [5.74, 6) is 0.345. The van der Waals surface area contributed by atoms with E-state index in [2.05, 4.69) is 10.4 Å². The molecule has 1 aromatic carbocycles. The Balaban J connectivity index is 1.25. The fourth-order valence-corrected chi connectivity index (χ4v) is 3.87.